The van der Waals surface area contributed by atoms with Crippen LogP contribution in [-0.2, 0) is 9.59 Å². The first kappa shape index (κ1) is 15.0. The lowest BCUT2D eigenvalue weighted by Crippen LogP contribution is -2.50. The van der Waals surface area contributed by atoms with Gasteiger partial charge in [-0.05, 0) is 25.2 Å². The van der Waals surface area contributed by atoms with Crippen molar-refractivity contribution in [3.05, 3.63) is 0 Å². The maximum Gasteiger partial charge on any atom is 0.326 e. The molecule has 18 heavy (non-hydrogen) atoms. The number of carboxylic acid groups (broad SMARTS) is 1. The molecular formula is C14H25NO3. The van der Waals surface area contributed by atoms with Crippen molar-refractivity contribution < 1.29 is 14.7 Å². The summed E-state index contributed by atoms with van der Waals surface area (Å²) in [5, 5.41) is 12.0. The van der Waals surface area contributed by atoms with Gasteiger partial charge in [-0.1, -0.05) is 40.0 Å². The Labute approximate surface area is 109 Å². The highest BCUT2D eigenvalue weighted by Gasteiger charge is 2.41. The standard InChI is InChI=1S/C14H25NO3/c1-4-10(3)11(12(16)17)15-13(18)14(5-2)8-6-7-9-14/h10-11H,4-9H2,1-3H3,(H,15,18)(H,16,17)/t10?,11-/m0/s1. The van der Waals surface area contributed by atoms with Gasteiger partial charge in [0.05, 0.1) is 0 Å². The number of carboxylic acids is 1. The molecule has 1 rings (SSSR count). The summed E-state index contributed by atoms with van der Waals surface area (Å²) in [6, 6.07) is -0.758. The van der Waals surface area contributed by atoms with Gasteiger partial charge >= 0.3 is 5.97 Å². The van der Waals surface area contributed by atoms with E-state index in [2.05, 4.69) is 5.32 Å². The smallest absolute Gasteiger partial charge is 0.326 e. The molecule has 1 aliphatic rings. The molecule has 0 bridgehead atoms. The Bertz CT molecular complexity index is 308. The molecule has 0 heterocycles. The van der Waals surface area contributed by atoms with Gasteiger partial charge in [0, 0.05) is 5.41 Å². The van der Waals surface area contributed by atoms with E-state index in [1.807, 2.05) is 20.8 Å². The van der Waals surface area contributed by atoms with Gasteiger partial charge in [-0.15, -0.1) is 0 Å². The lowest BCUT2D eigenvalue weighted by atomic mass is 9.82. The van der Waals surface area contributed by atoms with E-state index in [1.54, 1.807) is 0 Å². The van der Waals surface area contributed by atoms with E-state index in [0.29, 0.717) is 0 Å². The molecule has 4 nitrogen and oxygen atoms in total. The first-order valence-electron chi connectivity index (χ1n) is 7.00. The molecule has 0 aromatic heterocycles. The van der Waals surface area contributed by atoms with E-state index in [0.717, 1.165) is 38.5 Å². The Balaban J connectivity index is 2.74. The van der Waals surface area contributed by atoms with Crippen LogP contribution in [0.5, 0.6) is 0 Å². The number of carbonyl (C=O) groups is 2. The van der Waals surface area contributed by atoms with Crippen molar-refractivity contribution in [2.45, 2.75) is 65.3 Å². The molecule has 0 spiro atoms. The van der Waals surface area contributed by atoms with Crippen molar-refractivity contribution in [3.8, 4) is 0 Å². The molecule has 1 amide bonds. The number of hydrogen-bond acceptors (Lipinski definition) is 2. The molecule has 0 aliphatic heterocycles. The summed E-state index contributed by atoms with van der Waals surface area (Å²) >= 11 is 0. The number of amides is 1. The third kappa shape index (κ3) is 3.03. The second-order valence-corrected chi connectivity index (χ2v) is 5.52. The van der Waals surface area contributed by atoms with Crippen molar-refractivity contribution in [2.75, 3.05) is 0 Å². The van der Waals surface area contributed by atoms with Crippen LogP contribution in [0.2, 0.25) is 0 Å². The molecular weight excluding hydrogens is 230 g/mol. The average Bonchev–Trinajstić information content (AvgIpc) is 2.84. The minimum atomic E-state index is -0.929. The summed E-state index contributed by atoms with van der Waals surface area (Å²) in [6.07, 6.45) is 5.47. The average molecular weight is 255 g/mol. The Morgan fingerprint density at radius 3 is 2.22 bits per heavy atom. The van der Waals surface area contributed by atoms with E-state index in [9.17, 15) is 14.7 Å². The van der Waals surface area contributed by atoms with Crippen molar-refractivity contribution >= 4 is 11.9 Å². The molecule has 1 saturated carbocycles. The minimum absolute atomic E-state index is 0.0400. The third-order valence-electron chi connectivity index (χ3n) is 4.48. The SMILES string of the molecule is CCC(C)[C@H](NC(=O)C1(CC)CCCC1)C(=O)O. The van der Waals surface area contributed by atoms with Crippen molar-refractivity contribution in [3.63, 3.8) is 0 Å². The predicted molar refractivity (Wildman–Crippen MR) is 70.2 cm³/mol. The van der Waals surface area contributed by atoms with E-state index in [-0.39, 0.29) is 17.2 Å². The summed E-state index contributed by atoms with van der Waals surface area (Å²) < 4.78 is 0. The number of aliphatic carboxylic acids is 1. The van der Waals surface area contributed by atoms with Crippen LogP contribution in [0, 0.1) is 11.3 Å². The fourth-order valence-electron chi connectivity index (χ4n) is 2.77. The van der Waals surface area contributed by atoms with Crippen LogP contribution in [0.25, 0.3) is 0 Å². The molecule has 2 N–H and O–H groups in total. The van der Waals surface area contributed by atoms with Crippen LogP contribution in [0.4, 0.5) is 0 Å². The monoisotopic (exact) mass is 255 g/mol. The van der Waals surface area contributed by atoms with Gasteiger partial charge in [0.1, 0.15) is 6.04 Å². The van der Waals surface area contributed by atoms with Gasteiger partial charge in [0.25, 0.3) is 0 Å². The zero-order valence-corrected chi connectivity index (χ0v) is 11.7. The highest BCUT2D eigenvalue weighted by atomic mass is 16.4. The molecule has 2 atom stereocenters. The van der Waals surface area contributed by atoms with E-state index in [4.69, 9.17) is 0 Å². The molecule has 1 fully saturated rings. The van der Waals surface area contributed by atoms with Crippen molar-refractivity contribution in [2.24, 2.45) is 11.3 Å². The number of carbonyl (C=O) groups excluding carboxylic acids is 1. The Morgan fingerprint density at radius 2 is 1.83 bits per heavy atom. The lowest BCUT2D eigenvalue weighted by Gasteiger charge is -2.29. The van der Waals surface area contributed by atoms with Gasteiger partial charge in [-0.2, -0.15) is 0 Å². The molecule has 1 unspecified atom stereocenters. The van der Waals surface area contributed by atoms with Crippen LogP contribution < -0.4 is 5.32 Å². The van der Waals surface area contributed by atoms with Crippen LogP contribution in [0.15, 0.2) is 0 Å². The maximum atomic E-state index is 12.4. The van der Waals surface area contributed by atoms with Gasteiger partial charge < -0.3 is 10.4 Å². The number of rotatable bonds is 6. The van der Waals surface area contributed by atoms with Crippen LogP contribution in [0.3, 0.4) is 0 Å². The fraction of sp³-hybridized carbons (Fsp3) is 0.857. The zero-order chi connectivity index (χ0) is 13.8. The molecule has 0 aromatic rings. The van der Waals surface area contributed by atoms with E-state index in [1.165, 1.54) is 0 Å². The van der Waals surface area contributed by atoms with Crippen molar-refractivity contribution in [1.82, 2.24) is 5.32 Å². The van der Waals surface area contributed by atoms with Gasteiger partial charge in [0.2, 0.25) is 5.91 Å². The largest absolute Gasteiger partial charge is 0.480 e. The summed E-state index contributed by atoms with van der Waals surface area (Å²) in [5.74, 6) is -1.03. The highest BCUT2D eigenvalue weighted by Crippen LogP contribution is 2.41. The number of hydrogen-bond donors (Lipinski definition) is 2. The zero-order valence-electron chi connectivity index (χ0n) is 11.7. The normalized spacial score (nSPS) is 21.3. The maximum absolute atomic E-state index is 12.4. The molecule has 4 heteroatoms. The predicted octanol–water partition coefficient (Wildman–Crippen LogP) is 2.57. The Kier molecular flexibility index (Phi) is 5.17. The second kappa shape index (κ2) is 6.21. The molecule has 1 aliphatic carbocycles. The summed E-state index contributed by atoms with van der Waals surface area (Å²) in [7, 11) is 0. The molecule has 0 aromatic carbocycles. The Morgan fingerprint density at radius 1 is 1.28 bits per heavy atom. The quantitative estimate of drug-likeness (QED) is 0.766. The van der Waals surface area contributed by atoms with Crippen molar-refractivity contribution in [1.29, 1.82) is 0 Å². The topological polar surface area (TPSA) is 66.4 Å². The lowest BCUT2D eigenvalue weighted by molar-refractivity contribution is -0.145. The third-order valence-corrected chi connectivity index (χ3v) is 4.48. The van der Waals surface area contributed by atoms with Gasteiger partial charge in [-0.3, -0.25) is 4.79 Å². The summed E-state index contributed by atoms with van der Waals surface area (Å²) in [4.78, 5) is 23.6. The Hall–Kier alpha value is -1.06. The molecule has 0 saturated heterocycles. The fourth-order valence-corrected chi connectivity index (χ4v) is 2.77. The number of nitrogens with one attached hydrogen (secondary N) is 1. The van der Waals surface area contributed by atoms with Crippen LogP contribution in [0.1, 0.15) is 59.3 Å². The van der Waals surface area contributed by atoms with Gasteiger partial charge in [-0.25, -0.2) is 4.79 Å². The highest BCUT2D eigenvalue weighted by molar-refractivity contribution is 5.87. The van der Waals surface area contributed by atoms with Gasteiger partial charge in [0.15, 0.2) is 0 Å². The second-order valence-electron chi connectivity index (χ2n) is 5.52. The van der Waals surface area contributed by atoms with Crippen LogP contribution >= 0.6 is 0 Å². The molecule has 0 radical (unpaired) electrons. The summed E-state index contributed by atoms with van der Waals surface area (Å²) in [5.41, 5.74) is -0.318. The minimum Gasteiger partial charge on any atom is -0.480 e. The van der Waals surface area contributed by atoms with Crippen LogP contribution in [-0.4, -0.2) is 23.0 Å². The van der Waals surface area contributed by atoms with E-state index >= 15 is 0 Å². The first-order valence-corrected chi connectivity index (χ1v) is 7.00. The first-order chi connectivity index (χ1) is 8.46. The van der Waals surface area contributed by atoms with E-state index < -0.39 is 12.0 Å². The molecule has 104 valence electrons. The summed E-state index contributed by atoms with van der Waals surface area (Å²) in [6.45, 7) is 5.83.